The van der Waals surface area contributed by atoms with Crippen LogP contribution in [-0.2, 0) is 0 Å². The molecule has 0 atom stereocenters. The molecule has 1 fully saturated rings. The third kappa shape index (κ3) is 4.59. The second kappa shape index (κ2) is 9.02. The van der Waals surface area contributed by atoms with Crippen molar-refractivity contribution in [2.75, 3.05) is 37.6 Å². The number of nitriles is 1. The fourth-order valence-electron chi connectivity index (χ4n) is 3.73. The Hall–Kier alpha value is -3.64. The van der Waals surface area contributed by atoms with Crippen LogP contribution >= 0.6 is 0 Å². The normalized spacial score (nSPS) is 14.4. The van der Waals surface area contributed by atoms with E-state index >= 15 is 0 Å². The van der Waals surface area contributed by atoms with Crippen LogP contribution in [0.3, 0.4) is 0 Å². The number of halogens is 1. The summed E-state index contributed by atoms with van der Waals surface area (Å²) in [6, 6.07) is 8.12. The number of aromatic nitrogens is 4. The smallest absolute Gasteiger partial charge is 0.250 e. The Morgan fingerprint density at radius 2 is 1.90 bits per heavy atom. The molecule has 2 aromatic heterocycles. The van der Waals surface area contributed by atoms with Gasteiger partial charge in [0.2, 0.25) is 0 Å². The minimum atomic E-state index is -0.404. The summed E-state index contributed by atoms with van der Waals surface area (Å²) in [6.45, 7) is 5.44. The minimum absolute atomic E-state index is 0.0332. The number of carbonyl (C=O) groups excluding carboxylic acids is 1. The van der Waals surface area contributed by atoms with Crippen molar-refractivity contribution in [1.82, 2.24) is 24.6 Å². The van der Waals surface area contributed by atoms with Gasteiger partial charge in [-0.25, -0.2) is 19.0 Å². The molecular formula is C22H22FN7O. The fraction of sp³-hybridized carbons (Fsp3) is 0.318. The van der Waals surface area contributed by atoms with Gasteiger partial charge in [-0.05, 0) is 31.2 Å². The van der Waals surface area contributed by atoms with Gasteiger partial charge in [0.15, 0.2) is 5.78 Å². The van der Waals surface area contributed by atoms with Gasteiger partial charge in [-0.3, -0.25) is 9.69 Å². The van der Waals surface area contributed by atoms with Crippen LogP contribution < -0.4 is 4.90 Å². The SMILES string of the molecule is Cc1c(C(=O)CCN2CCN(c3cc(F)cc(C#N)c3)CC2)cnn1-c1ncccn1. The molecule has 0 aliphatic carbocycles. The summed E-state index contributed by atoms with van der Waals surface area (Å²) >= 11 is 0. The molecule has 0 amide bonds. The highest BCUT2D eigenvalue weighted by atomic mass is 19.1. The number of nitrogens with zero attached hydrogens (tertiary/aromatic N) is 7. The lowest BCUT2D eigenvalue weighted by atomic mass is 10.1. The molecule has 158 valence electrons. The van der Waals surface area contributed by atoms with Gasteiger partial charge in [-0.15, -0.1) is 0 Å². The molecule has 1 saturated heterocycles. The van der Waals surface area contributed by atoms with Crippen molar-refractivity contribution in [1.29, 1.82) is 5.26 Å². The zero-order valence-corrected chi connectivity index (χ0v) is 17.2. The van der Waals surface area contributed by atoms with Crippen molar-refractivity contribution in [3.05, 3.63) is 65.5 Å². The Balaban J connectivity index is 1.32. The van der Waals surface area contributed by atoms with Crippen LogP contribution in [0.5, 0.6) is 0 Å². The Morgan fingerprint density at radius 3 is 2.61 bits per heavy atom. The van der Waals surface area contributed by atoms with E-state index in [2.05, 4.69) is 24.9 Å². The summed E-state index contributed by atoms with van der Waals surface area (Å²) in [5.74, 6) is 0.0666. The first kappa shape index (κ1) is 20.6. The van der Waals surface area contributed by atoms with Crippen LogP contribution in [0.1, 0.15) is 28.0 Å². The van der Waals surface area contributed by atoms with Gasteiger partial charge in [0.1, 0.15) is 5.82 Å². The van der Waals surface area contributed by atoms with Crippen LogP contribution in [0.2, 0.25) is 0 Å². The molecule has 0 saturated carbocycles. The van der Waals surface area contributed by atoms with Gasteiger partial charge in [0.05, 0.1) is 29.1 Å². The van der Waals surface area contributed by atoms with Gasteiger partial charge in [0, 0.05) is 57.2 Å². The first-order valence-corrected chi connectivity index (χ1v) is 10.1. The molecule has 4 rings (SSSR count). The minimum Gasteiger partial charge on any atom is -0.369 e. The number of hydrogen-bond donors (Lipinski definition) is 0. The van der Waals surface area contributed by atoms with E-state index in [9.17, 15) is 9.18 Å². The predicted octanol–water partition coefficient (Wildman–Crippen LogP) is 2.38. The summed E-state index contributed by atoms with van der Waals surface area (Å²) in [5.41, 5.74) is 2.34. The zero-order valence-electron chi connectivity index (χ0n) is 17.2. The van der Waals surface area contributed by atoms with Crippen molar-refractivity contribution in [2.24, 2.45) is 0 Å². The largest absolute Gasteiger partial charge is 0.369 e. The highest BCUT2D eigenvalue weighted by Gasteiger charge is 2.21. The number of piperazine rings is 1. The molecule has 3 aromatic rings. The number of anilines is 1. The standard InChI is InChI=1S/C22H22FN7O/c1-16-20(15-27-30(16)22-25-4-2-5-26-22)21(31)3-6-28-7-9-29(10-8-28)19-12-17(14-24)11-18(23)13-19/h2,4-5,11-13,15H,3,6-10H2,1H3. The average molecular weight is 419 g/mol. The number of ketones is 1. The monoisotopic (exact) mass is 419 g/mol. The number of Topliss-reactive ketones (excluding diaryl/α,β-unsaturated/α-hetero) is 1. The van der Waals surface area contributed by atoms with Gasteiger partial charge in [-0.2, -0.15) is 10.4 Å². The predicted molar refractivity (Wildman–Crippen MR) is 113 cm³/mol. The first-order chi connectivity index (χ1) is 15.0. The maximum absolute atomic E-state index is 13.7. The molecule has 1 aromatic carbocycles. The van der Waals surface area contributed by atoms with Crippen LogP contribution in [0.4, 0.5) is 10.1 Å². The topological polar surface area (TPSA) is 90.9 Å². The van der Waals surface area contributed by atoms with Crippen LogP contribution in [0.25, 0.3) is 5.95 Å². The Bertz CT molecular complexity index is 1110. The highest BCUT2D eigenvalue weighted by molar-refractivity contribution is 5.97. The highest BCUT2D eigenvalue weighted by Crippen LogP contribution is 2.20. The Morgan fingerprint density at radius 1 is 1.16 bits per heavy atom. The maximum atomic E-state index is 13.7. The first-order valence-electron chi connectivity index (χ1n) is 10.1. The summed E-state index contributed by atoms with van der Waals surface area (Å²) in [5, 5.41) is 13.3. The van der Waals surface area contributed by atoms with E-state index in [1.54, 1.807) is 35.4 Å². The molecule has 8 nitrogen and oxygen atoms in total. The van der Waals surface area contributed by atoms with Gasteiger partial charge >= 0.3 is 0 Å². The van der Waals surface area contributed by atoms with E-state index in [4.69, 9.17) is 5.26 Å². The summed E-state index contributed by atoms with van der Waals surface area (Å²) < 4.78 is 15.3. The number of rotatable bonds is 6. The summed E-state index contributed by atoms with van der Waals surface area (Å²) in [6.07, 6.45) is 5.23. The molecule has 0 bridgehead atoms. The fourth-order valence-corrected chi connectivity index (χ4v) is 3.73. The van der Waals surface area contributed by atoms with Crippen LogP contribution in [-0.4, -0.2) is 63.2 Å². The van der Waals surface area contributed by atoms with Crippen molar-refractivity contribution >= 4 is 11.5 Å². The van der Waals surface area contributed by atoms with E-state index in [0.29, 0.717) is 43.1 Å². The van der Waals surface area contributed by atoms with E-state index in [1.807, 2.05) is 13.0 Å². The van der Waals surface area contributed by atoms with Crippen molar-refractivity contribution in [3.63, 3.8) is 0 Å². The van der Waals surface area contributed by atoms with Crippen molar-refractivity contribution in [2.45, 2.75) is 13.3 Å². The molecule has 0 radical (unpaired) electrons. The van der Waals surface area contributed by atoms with Gasteiger partial charge in [0.25, 0.3) is 5.95 Å². The molecule has 0 spiro atoms. The molecule has 9 heteroatoms. The molecular weight excluding hydrogens is 397 g/mol. The molecule has 1 aliphatic heterocycles. The van der Waals surface area contributed by atoms with E-state index in [-0.39, 0.29) is 5.78 Å². The van der Waals surface area contributed by atoms with Crippen molar-refractivity contribution < 1.29 is 9.18 Å². The molecule has 1 aliphatic rings. The second-order valence-electron chi connectivity index (χ2n) is 7.42. The lowest BCUT2D eigenvalue weighted by Crippen LogP contribution is -2.47. The van der Waals surface area contributed by atoms with Crippen molar-refractivity contribution in [3.8, 4) is 12.0 Å². The van der Waals surface area contributed by atoms with Crippen LogP contribution in [0, 0.1) is 24.1 Å². The van der Waals surface area contributed by atoms with E-state index in [0.717, 1.165) is 24.5 Å². The quantitative estimate of drug-likeness (QED) is 0.567. The molecule has 0 N–H and O–H groups in total. The van der Waals surface area contributed by atoms with E-state index in [1.165, 1.54) is 12.1 Å². The lowest BCUT2D eigenvalue weighted by Gasteiger charge is -2.36. The average Bonchev–Trinajstić information content (AvgIpc) is 3.19. The Kier molecular flexibility index (Phi) is 6.00. The zero-order chi connectivity index (χ0) is 21.8. The van der Waals surface area contributed by atoms with Crippen LogP contribution in [0.15, 0.2) is 42.9 Å². The molecule has 31 heavy (non-hydrogen) atoms. The third-order valence-electron chi connectivity index (χ3n) is 5.46. The summed E-state index contributed by atoms with van der Waals surface area (Å²) in [7, 11) is 0. The number of hydrogen-bond acceptors (Lipinski definition) is 7. The second-order valence-corrected chi connectivity index (χ2v) is 7.42. The van der Waals surface area contributed by atoms with Gasteiger partial charge < -0.3 is 4.90 Å². The van der Waals surface area contributed by atoms with Gasteiger partial charge in [-0.1, -0.05) is 0 Å². The number of benzene rings is 1. The Labute approximate surface area is 179 Å². The maximum Gasteiger partial charge on any atom is 0.250 e. The third-order valence-corrected chi connectivity index (χ3v) is 5.46. The molecule has 3 heterocycles. The lowest BCUT2D eigenvalue weighted by molar-refractivity contribution is 0.0962. The molecule has 0 unspecified atom stereocenters. The van der Waals surface area contributed by atoms with E-state index < -0.39 is 5.82 Å². The summed E-state index contributed by atoms with van der Waals surface area (Å²) in [4.78, 5) is 25.4. The number of carbonyl (C=O) groups is 1.